The van der Waals surface area contributed by atoms with Crippen LogP contribution in [0.3, 0.4) is 0 Å². The van der Waals surface area contributed by atoms with Crippen LogP contribution in [-0.2, 0) is 6.42 Å². The van der Waals surface area contributed by atoms with E-state index in [1.165, 1.54) is 24.0 Å². The average Bonchev–Trinajstić information content (AvgIpc) is 2.83. The van der Waals surface area contributed by atoms with E-state index in [0.29, 0.717) is 23.6 Å². The number of rotatable bonds is 8. The van der Waals surface area contributed by atoms with Gasteiger partial charge < -0.3 is 10.6 Å². The second-order valence-electron chi connectivity index (χ2n) is 7.35. The van der Waals surface area contributed by atoms with Crippen LogP contribution in [0.1, 0.15) is 22.3 Å². The summed E-state index contributed by atoms with van der Waals surface area (Å²) in [4.78, 5) is 21.0. The van der Waals surface area contributed by atoms with Crippen LogP contribution in [0.5, 0.6) is 0 Å². The molecule has 4 rings (SSSR count). The molecule has 160 valence electrons. The molecule has 2 N–H and O–H groups in total. The first-order valence-electron chi connectivity index (χ1n) is 10.4. The molecule has 0 bridgehead atoms. The summed E-state index contributed by atoms with van der Waals surface area (Å²) in [7, 11) is 0. The fourth-order valence-electron chi connectivity index (χ4n) is 3.33. The molecule has 1 aromatic heterocycles. The highest BCUT2D eigenvalue weighted by Crippen LogP contribution is 2.22. The SMILES string of the molecule is O=C(NCCCc1ccccc1)c1cccc(Nc2cc(-c3ccc(F)cc3)ncn2)c1. The van der Waals surface area contributed by atoms with Crippen molar-refractivity contribution < 1.29 is 9.18 Å². The van der Waals surface area contributed by atoms with E-state index in [1.807, 2.05) is 30.3 Å². The van der Waals surface area contributed by atoms with Gasteiger partial charge in [0.15, 0.2) is 0 Å². The lowest BCUT2D eigenvalue weighted by Gasteiger charge is -2.10. The summed E-state index contributed by atoms with van der Waals surface area (Å²) in [6, 6.07) is 25.4. The Kier molecular flexibility index (Phi) is 6.82. The van der Waals surface area contributed by atoms with Crippen LogP contribution < -0.4 is 10.6 Å². The van der Waals surface area contributed by atoms with Gasteiger partial charge in [-0.3, -0.25) is 4.79 Å². The van der Waals surface area contributed by atoms with Crippen LogP contribution in [0.25, 0.3) is 11.3 Å². The zero-order valence-corrected chi connectivity index (χ0v) is 17.5. The van der Waals surface area contributed by atoms with Crippen molar-refractivity contribution in [2.45, 2.75) is 12.8 Å². The van der Waals surface area contributed by atoms with E-state index in [2.05, 4.69) is 32.7 Å². The lowest BCUT2D eigenvalue weighted by molar-refractivity contribution is 0.0953. The van der Waals surface area contributed by atoms with Gasteiger partial charge in [-0.15, -0.1) is 0 Å². The maximum Gasteiger partial charge on any atom is 0.251 e. The van der Waals surface area contributed by atoms with E-state index >= 15 is 0 Å². The zero-order valence-electron chi connectivity index (χ0n) is 17.5. The highest BCUT2D eigenvalue weighted by atomic mass is 19.1. The molecule has 3 aromatic carbocycles. The number of halogens is 1. The van der Waals surface area contributed by atoms with E-state index in [9.17, 15) is 9.18 Å². The van der Waals surface area contributed by atoms with Gasteiger partial charge in [-0.2, -0.15) is 0 Å². The molecular weight excluding hydrogens is 403 g/mol. The number of aromatic nitrogens is 2. The van der Waals surface area contributed by atoms with Crippen LogP contribution in [0, 0.1) is 5.82 Å². The molecule has 0 aliphatic rings. The topological polar surface area (TPSA) is 66.9 Å². The van der Waals surface area contributed by atoms with Crippen molar-refractivity contribution in [2.75, 3.05) is 11.9 Å². The Labute approximate surface area is 186 Å². The highest BCUT2D eigenvalue weighted by Gasteiger charge is 2.07. The van der Waals surface area contributed by atoms with Gasteiger partial charge in [-0.05, 0) is 60.9 Å². The number of hydrogen-bond donors (Lipinski definition) is 2. The Bertz CT molecular complexity index is 1180. The highest BCUT2D eigenvalue weighted by molar-refractivity contribution is 5.95. The fraction of sp³-hybridized carbons (Fsp3) is 0.115. The second kappa shape index (κ2) is 10.3. The van der Waals surface area contributed by atoms with Crippen molar-refractivity contribution in [1.29, 1.82) is 0 Å². The Morgan fingerprint density at radius 2 is 1.69 bits per heavy atom. The minimum absolute atomic E-state index is 0.114. The number of hydrogen-bond acceptors (Lipinski definition) is 4. The summed E-state index contributed by atoms with van der Waals surface area (Å²) in [5, 5.41) is 6.18. The van der Waals surface area contributed by atoms with Crippen molar-refractivity contribution in [1.82, 2.24) is 15.3 Å². The van der Waals surface area contributed by atoms with E-state index in [1.54, 1.807) is 30.3 Å². The summed E-state index contributed by atoms with van der Waals surface area (Å²) in [6.45, 7) is 0.609. The van der Waals surface area contributed by atoms with Gasteiger partial charge in [0.25, 0.3) is 5.91 Å². The molecule has 5 nitrogen and oxygen atoms in total. The molecule has 4 aromatic rings. The smallest absolute Gasteiger partial charge is 0.251 e. The Hall–Kier alpha value is -4.06. The fourth-order valence-corrected chi connectivity index (χ4v) is 3.33. The minimum atomic E-state index is -0.295. The zero-order chi connectivity index (χ0) is 22.2. The molecule has 0 aliphatic heterocycles. The summed E-state index contributed by atoms with van der Waals surface area (Å²) < 4.78 is 13.2. The maximum atomic E-state index is 13.2. The van der Waals surface area contributed by atoms with Crippen molar-refractivity contribution in [3.63, 3.8) is 0 Å². The standard InChI is InChI=1S/C26H23FN4O/c27-22-13-11-20(12-14-22)24-17-25(30-18-29-24)31-23-10-4-9-21(16-23)26(32)28-15-5-8-19-6-2-1-3-7-19/h1-4,6-7,9-14,16-18H,5,8,15H2,(H,28,32)(H,29,30,31). The first-order chi connectivity index (χ1) is 15.7. The van der Waals surface area contributed by atoms with Gasteiger partial charge in [0.05, 0.1) is 5.69 Å². The first kappa shape index (κ1) is 21.2. The molecule has 1 amide bonds. The normalized spacial score (nSPS) is 10.5. The van der Waals surface area contributed by atoms with Gasteiger partial charge in [-0.25, -0.2) is 14.4 Å². The third-order valence-corrected chi connectivity index (χ3v) is 4.97. The number of carbonyl (C=O) groups is 1. The van der Waals surface area contributed by atoms with Crippen molar-refractivity contribution in [3.8, 4) is 11.3 Å². The molecule has 6 heteroatoms. The molecule has 0 unspecified atom stereocenters. The largest absolute Gasteiger partial charge is 0.352 e. The summed E-state index contributed by atoms with van der Waals surface area (Å²) in [5.74, 6) is 0.174. The number of anilines is 2. The van der Waals surface area contributed by atoms with Gasteiger partial charge >= 0.3 is 0 Å². The number of aryl methyl sites for hydroxylation is 1. The molecule has 0 atom stereocenters. The van der Waals surface area contributed by atoms with Crippen molar-refractivity contribution in [2.24, 2.45) is 0 Å². The number of carbonyl (C=O) groups excluding carboxylic acids is 1. The average molecular weight is 426 g/mol. The monoisotopic (exact) mass is 426 g/mol. The van der Waals surface area contributed by atoms with Gasteiger partial charge in [0.2, 0.25) is 0 Å². The van der Waals surface area contributed by atoms with Crippen LogP contribution in [0.15, 0.2) is 91.3 Å². The molecule has 1 heterocycles. The van der Waals surface area contributed by atoms with Gasteiger partial charge in [0.1, 0.15) is 18.0 Å². The maximum absolute atomic E-state index is 13.2. The number of nitrogens with zero attached hydrogens (tertiary/aromatic N) is 2. The molecule has 0 radical (unpaired) electrons. The van der Waals surface area contributed by atoms with Crippen LogP contribution >= 0.6 is 0 Å². The molecule has 0 fully saturated rings. The lowest BCUT2D eigenvalue weighted by atomic mass is 10.1. The third-order valence-electron chi connectivity index (χ3n) is 4.97. The van der Waals surface area contributed by atoms with E-state index in [-0.39, 0.29) is 11.7 Å². The Morgan fingerprint density at radius 3 is 2.50 bits per heavy atom. The van der Waals surface area contributed by atoms with Crippen LogP contribution in [-0.4, -0.2) is 22.4 Å². The summed E-state index contributed by atoms with van der Waals surface area (Å²) >= 11 is 0. The predicted molar refractivity (Wildman–Crippen MR) is 124 cm³/mol. The predicted octanol–water partition coefficient (Wildman–Crippen LogP) is 5.39. The third kappa shape index (κ3) is 5.76. The Balaban J connectivity index is 1.36. The van der Waals surface area contributed by atoms with Crippen LogP contribution in [0.2, 0.25) is 0 Å². The summed E-state index contributed by atoms with van der Waals surface area (Å²) in [6.07, 6.45) is 3.25. The first-order valence-corrected chi connectivity index (χ1v) is 10.4. The molecule has 0 saturated carbocycles. The van der Waals surface area contributed by atoms with Gasteiger partial charge in [0, 0.05) is 29.4 Å². The molecule has 32 heavy (non-hydrogen) atoms. The summed E-state index contributed by atoms with van der Waals surface area (Å²) in [5.41, 5.74) is 4.04. The minimum Gasteiger partial charge on any atom is -0.352 e. The van der Waals surface area contributed by atoms with Crippen molar-refractivity contribution >= 4 is 17.4 Å². The molecule has 0 aliphatic carbocycles. The Morgan fingerprint density at radius 1 is 0.875 bits per heavy atom. The molecule has 0 saturated heterocycles. The number of benzene rings is 3. The van der Waals surface area contributed by atoms with E-state index < -0.39 is 0 Å². The quantitative estimate of drug-likeness (QED) is 0.371. The molecular formula is C26H23FN4O. The number of amides is 1. The number of nitrogens with one attached hydrogen (secondary N) is 2. The second-order valence-corrected chi connectivity index (χ2v) is 7.35. The van der Waals surface area contributed by atoms with Crippen molar-refractivity contribution in [3.05, 3.63) is 108 Å². The molecule has 0 spiro atoms. The van der Waals surface area contributed by atoms with E-state index in [4.69, 9.17) is 0 Å². The van der Waals surface area contributed by atoms with E-state index in [0.717, 1.165) is 24.1 Å². The lowest BCUT2D eigenvalue weighted by Crippen LogP contribution is -2.24. The van der Waals surface area contributed by atoms with Crippen LogP contribution in [0.4, 0.5) is 15.9 Å². The van der Waals surface area contributed by atoms with Gasteiger partial charge in [-0.1, -0.05) is 36.4 Å².